The fourth-order valence-corrected chi connectivity index (χ4v) is 3.51. The van der Waals surface area contributed by atoms with Gasteiger partial charge in [0.2, 0.25) is 5.91 Å². The monoisotopic (exact) mass is 431 g/mol. The van der Waals surface area contributed by atoms with E-state index < -0.39 is 0 Å². The van der Waals surface area contributed by atoms with Gasteiger partial charge in [-0.05, 0) is 54.2 Å². The van der Waals surface area contributed by atoms with E-state index in [2.05, 4.69) is 15.3 Å². The maximum atomic E-state index is 12.4. The molecule has 4 rings (SSSR count). The summed E-state index contributed by atoms with van der Waals surface area (Å²) in [4.78, 5) is 12.4. The standard InChI is InChI=1S/C19H15Cl2N5OS/c20-13-3-1-12(2-4-13)16-9-10-18(27)25(24-16)11-17-22-23-19(28)26(17)15-7-5-14(21)6-8-15/h1-8H,9-11H2,(H,23,28). The highest BCUT2D eigenvalue weighted by Gasteiger charge is 2.23. The first kappa shape index (κ1) is 18.9. The molecule has 6 nitrogen and oxygen atoms in total. The van der Waals surface area contributed by atoms with Crippen LogP contribution in [0.25, 0.3) is 5.69 Å². The van der Waals surface area contributed by atoms with Crippen LogP contribution in [0.5, 0.6) is 0 Å². The molecule has 1 aliphatic heterocycles. The van der Waals surface area contributed by atoms with Crippen LogP contribution in [0.15, 0.2) is 53.6 Å². The van der Waals surface area contributed by atoms with Crippen molar-refractivity contribution in [3.8, 4) is 5.69 Å². The summed E-state index contributed by atoms with van der Waals surface area (Å²) in [5.41, 5.74) is 2.59. The molecule has 9 heteroatoms. The number of amides is 1. The number of aromatic amines is 1. The van der Waals surface area contributed by atoms with Crippen LogP contribution in [0, 0.1) is 4.77 Å². The minimum atomic E-state index is -0.0608. The summed E-state index contributed by atoms with van der Waals surface area (Å²) in [5, 5.41) is 14.3. The Labute approximate surface area is 176 Å². The molecule has 1 amide bonds. The molecule has 2 heterocycles. The van der Waals surface area contributed by atoms with Crippen LogP contribution >= 0.6 is 35.4 Å². The number of carbonyl (C=O) groups excluding carboxylic acids is 1. The summed E-state index contributed by atoms with van der Waals surface area (Å²) >= 11 is 17.3. The first-order chi connectivity index (χ1) is 13.5. The van der Waals surface area contributed by atoms with E-state index in [-0.39, 0.29) is 12.5 Å². The summed E-state index contributed by atoms with van der Waals surface area (Å²) in [7, 11) is 0. The fourth-order valence-electron chi connectivity index (χ4n) is 3.00. The van der Waals surface area contributed by atoms with Gasteiger partial charge in [0, 0.05) is 28.6 Å². The molecule has 0 unspecified atom stereocenters. The number of H-pyrrole nitrogens is 1. The van der Waals surface area contributed by atoms with Gasteiger partial charge in [0.1, 0.15) is 6.54 Å². The molecule has 2 aromatic carbocycles. The highest BCUT2D eigenvalue weighted by atomic mass is 35.5. The normalized spacial score (nSPS) is 14.3. The van der Waals surface area contributed by atoms with Gasteiger partial charge in [-0.3, -0.25) is 14.5 Å². The van der Waals surface area contributed by atoms with Crippen molar-refractivity contribution in [2.45, 2.75) is 19.4 Å². The number of aromatic nitrogens is 3. The third kappa shape index (κ3) is 3.87. The Morgan fingerprint density at radius 2 is 1.64 bits per heavy atom. The predicted octanol–water partition coefficient (Wildman–Crippen LogP) is 4.76. The molecule has 28 heavy (non-hydrogen) atoms. The average molecular weight is 432 g/mol. The lowest BCUT2D eigenvalue weighted by Gasteiger charge is -2.23. The third-order valence-corrected chi connectivity index (χ3v) is 5.18. The molecule has 0 saturated carbocycles. The van der Waals surface area contributed by atoms with Gasteiger partial charge in [-0.25, -0.2) is 5.01 Å². The van der Waals surface area contributed by atoms with E-state index in [1.807, 2.05) is 36.4 Å². The molecule has 1 aliphatic rings. The van der Waals surface area contributed by atoms with Gasteiger partial charge < -0.3 is 0 Å². The summed E-state index contributed by atoms with van der Waals surface area (Å²) in [6, 6.07) is 14.7. The van der Waals surface area contributed by atoms with Crippen LogP contribution in [-0.2, 0) is 11.3 Å². The number of benzene rings is 2. The zero-order chi connectivity index (χ0) is 19.7. The maximum absolute atomic E-state index is 12.4. The van der Waals surface area contributed by atoms with E-state index in [9.17, 15) is 4.79 Å². The SMILES string of the molecule is O=C1CCC(c2ccc(Cl)cc2)=NN1Cc1n[nH]c(=S)n1-c1ccc(Cl)cc1. The Bertz CT molecular complexity index is 1100. The smallest absolute Gasteiger partial charge is 0.243 e. The zero-order valence-electron chi connectivity index (χ0n) is 14.6. The first-order valence-corrected chi connectivity index (χ1v) is 9.74. The van der Waals surface area contributed by atoms with Crippen LogP contribution in [0.2, 0.25) is 10.0 Å². The molecule has 0 aliphatic carbocycles. The van der Waals surface area contributed by atoms with Crippen LogP contribution in [0.1, 0.15) is 24.2 Å². The predicted molar refractivity (Wildman–Crippen MR) is 112 cm³/mol. The van der Waals surface area contributed by atoms with Crippen LogP contribution < -0.4 is 0 Å². The van der Waals surface area contributed by atoms with Gasteiger partial charge in [-0.2, -0.15) is 10.2 Å². The van der Waals surface area contributed by atoms with Crippen molar-refractivity contribution in [2.75, 3.05) is 0 Å². The van der Waals surface area contributed by atoms with Crippen LogP contribution in [-0.4, -0.2) is 31.4 Å². The molecule has 0 fully saturated rings. The number of hydrogen-bond donors (Lipinski definition) is 1. The number of nitrogens with zero attached hydrogens (tertiary/aromatic N) is 4. The Balaban J connectivity index is 1.66. The Morgan fingerprint density at radius 3 is 2.32 bits per heavy atom. The number of halogens is 2. The van der Waals surface area contributed by atoms with E-state index in [1.54, 1.807) is 16.7 Å². The molecule has 142 valence electrons. The minimum Gasteiger partial charge on any atom is -0.273 e. The Hall–Kier alpha value is -2.48. The van der Waals surface area contributed by atoms with Gasteiger partial charge in [-0.15, -0.1) is 0 Å². The largest absolute Gasteiger partial charge is 0.273 e. The molecule has 0 spiro atoms. The van der Waals surface area contributed by atoms with E-state index in [4.69, 9.17) is 35.4 Å². The number of hydrazone groups is 1. The van der Waals surface area contributed by atoms with E-state index in [0.717, 1.165) is 17.0 Å². The summed E-state index contributed by atoms with van der Waals surface area (Å²) in [5.74, 6) is 0.524. The number of carbonyl (C=O) groups is 1. The molecular weight excluding hydrogens is 417 g/mol. The second kappa shape index (κ2) is 7.87. The average Bonchev–Trinajstić information content (AvgIpc) is 3.05. The molecule has 0 bridgehead atoms. The lowest BCUT2D eigenvalue weighted by Crippen LogP contribution is -2.32. The van der Waals surface area contributed by atoms with Gasteiger partial charge in [0.05, 0.1) is 5.71 Å². The zero-order valence-corrected chi connectivity index (χ0v) is 16.9. The van der Waals surface area contributed by atoms with Gasteiger partial charge in [0.15, 0.2) is 10.6 Å². The summed E-state index contributed by atoms with van der Waals surface area (Å²) < 4.78 is 2.20. The van der Waals surface area contributed by atoms with Crippen molar-refractivity contribution in [1.82, 2.24) is 19.8 Å². The maximum Gasteiger partial charge on any atom is 0.243 e. The molecule has 1 aromatic heterocycles. The second-order valence-corrected chi connectivity index (χ2v) is 7.52. The van der Waals surface area contributed by atoms with Crippen molar-refractivity contribution in [3.05, 3.63) is 74.7 Å². The minimum absolute atomic E-state index is 0.0608. The number of nitrogens with one attached hydrogen (secondary N) is 1. The van der Waals surface area contributed by atoms with Gasteiger partial charge >= 0.3 is 0 Å². The van der Waals surface area contributed by atoms with Gasteiger partial charge in [0.25, 0.3) is 0 Å². The van der Waals surface area contributed by atoms with Crippen molar-refractivity contribution >= 4 is 47.0 Å². The quantitative estimate of drug-likeness (QED) is 0.605. The van der Waals surface area contributed by atoms with Crippen LogP contribution in [0.4, 0.5) is 0 Å². The van der Waals surface area contributed by atoms with Crippen molar-refractivity contribution in [1.29, 1.82) is 0 Å². The molecule has 3 aromatic rings. The third-order valence-electron chi connectivity index (χ3n) is 4.40. The number of rotatable bonds is 4. The van der Waals surface area contributed by atoms with E-state index >= 15 is 0 Å². The van der Waals surface area contributed by atoms with Crippen molar-refractivity contribution in [2.24, 2.45) is 5.10 Å². The molecule has 0 atom stereocenters. The highest BCUT2D eigenvalue weighted by Crippen LogP contribution is 2.21. The number of hydrogen-bond acceptors (Lipinski definition) is 4. The molecule has 0 radical (unpaired) electrons. The second-order valence-electron chi connectivity index (χ2n) is 6.26. The highest BCUT2D eigenvalue weighted by molar-refractivity contribution is 7.71. The van der Waals surface area contributed by atoms with E-state index in [0.29, 0.717) is 33.5 Å². The fraction of sp³-hybridized carbons (Fsp3) is 0.158. The van der Waals surface area contributed by atoms with Crippen molar-refractivity contribution in [3.63, 3.8) is 0 Å². The topological polar surface area (TPSA) is 66.3 Å². The van der Waals surface area contributed by atoms with E-state index in [1.165, 1.54) is 5.01 Å². The summed E-state index contributed by atoms with van der Waals surface area (Å²) in [6.07, 6.45) is 0.967. The summed E-state index contributed by atoms with van der Waals surface area (Å²) in [6.45, 7) is 0.200. The van der Waals surface area contributed by atoms with Crippen LogP contribution in [0.3, 0.4) is 0 Å². The Kier molecular flexibility index (Phi) is 5.30. The molecule has 0 saturated heterocycles. The first-order valence-electron chi connectivity index (χ1n) is 8.57. The Morgan fingerprint density at radius 1 is 1.00 bits per heavy atom. The molecule has 1 N–H and O–H groups in total. The lowest BCUT2D eigenvalue weighted by atomic mass is 10.0. The van der Waals surface area contributed by atoms with Gasteiger partial charge in [-0.1, -0.05) is 35.3 Å². The lowest BCUT2D eigenvalue weighted by molar-refractivity contribution is -0.132. The van der Waals surface area contributed by atoms with Crippen molar-refractivity contribution < 1.29 is 4.79 Å². The molecular formula is C19H15Cl2N5OS.